The van der Waals surface area contributed by atoms with Crippen LogP contribution in [0.1, 0.15) is 52.6 Å². The fraction of sp³-hybridized carbons (Fsp3) is 0.455. The van der Waals surface area contributed by atoms with Crippen LogP contribution < -0.4 is 0 Å². The Morgan fingerprint density at radius 2 is 1.59 bits per heavy atom. The van der Waals surface area contributed by atoms with Gasteiger partial charge in [0.2, 0.25) is 5.91 Å². The third-order valence-corrected chi connectivity index (χ3v) is 5.34. The lowest BCUT2D eigenvalue weighted by Crippen LogP contribution is -2.51. The van der Waals surface area contributed by atoms with Gasteiger partial charge in [0, 0.05) is 43.1 Å². The van der Waals surface area contributed by atoms with Crippen molar-refractivity contribution in [3.8, 4) is 0 Å². The monoisotopic (exact) mass is 367 g/mol. The summed E-state index contributed by atoms with van der Waals surface area (Å²) in [4.78, 5) is 32.3. The molecular weight excluding hydrogens is 338 g/mol. The van der Waals surface area contributed by atoms with Crippen LogP contribution >= 0.6 is 0 Å². The number of amides is 2. The molecule has 2 amide bonds. The summed E-state index contributed by atoms with van der Waals surface area (Å²) < 4.78 is 0. The van der Waals surface area contributed by atoms with E-state index in [9.17, 15) is 9.59 Å². The van der Waals surface area contributed by atoms with Crippen molar-refractivity contribution in [2.75, 3.05) is 26.2 Å². The van der Waals surface area contributed by atoms with Gasteiger partial charge in [0.1, 0.15) is 0 Å². The molecule has 27 heavy (non-hydrogen) atoms. The van der Waals surface area contributed by atoms with Crippen molar-refractivity contribution >= 4 is 11.8 Å². The second-order valence-electron chi connectivity index (χ2n) is 7.73. The summed E-state index contributed by atoms with van der Waals surface area (Å²) in [7, 11) is 0. The topological polar surface area (TPSA) is 56.4 Å². The first-order valence-electron chi connectivity index (χ1n) is 9.67. The highest BCUT2D eigenvalue weighted by Crippen LogP contribution is 2.17. The number of hydrogen-bond donors (Lipinski definition) is 1. The highest BCUT2D eigenvalue weighted by atomic mass is 16.2. The maximum atomic E-state index is 12.7. The molecule has 2 aromatic rings. The third-order valence-electron chi connectivity index (χ3n) is 5.34. The number of carbonyl (C=O) groups excluding carboxylic acids is 2. The Hall–Kier alpha value is -2.56. The Labute approximate surface area is 161 Å². The molecule has 1 aliphatic rings. The van der Waals surface area contributed by atoms with Crippen molar-refractivity contribution in [1.82, 2.24) is 14.8 Å². The van der Waals surface area contributed by atoms with Crippen molar-refractivity contribution in [2.24, 2.45) is 0 Å². The van der Waals surface area contributed by atoms with E-state index in [1.54, 1.807) is 0 Å². The van der Waals surface area contributed by atoms with Gasteiger partial charge in [-0.3, -0.25) is 9.59 Å². The van der Waals surface area contributed by atoms with Gasteiger partial charge in [0.25, 0.3) is 5.91 Å². The number of H-pyrrole nitrogens is 1. The van der Waals surface area contributed by atoms with Crippen LogP contribution in [0.15, 0.2) is 30.3 Å². The predicted molar refractivity (Wildman–Crippen MR) is 107 cm³/mol. The summed E-state index contributed by atoms with van der Waals surface area (Å²) >= 11 is 0. The average Bonchev–Trinajstić information content (AvgIpc) is 2.98. The first-order chi connectivity index (χ1) is 12.8. The molecule has 1 saturated heterocycles. The molecule has 0 aliphatic carbocycles. The van der Waals surface area contributed by atoms with Gasteiger partial charge >= 0.3 is 0 Å². The normalized spacial score (nSPS) is 14.7. The second-order valence-corrected chi connectivity index (χ2v) is 7.73. The number of hydrogen-bond acceptors (Lipinski definition) is 2. The molecule has 5 heteroatoms. The van der Waals surface area contributed by atoms with Gasteiger partial charge in [-0.1, -0.05) is 26.0 Å². The van der Waals surface area contributed by atoms with E-state index in [1.165, 1.54) is 5.56 Å². The molecule has 1 aromatic carbocycles. The van der Waals surface area contributed by atoms with Crippen molar-refractivity contribution in [3.63, 3.8) is 0 Å². The quantitative estimate of drug-likeness (QED) is 0.902. The first kappa shape index (κ1) is 19.2. The van der Waals surface area contributed by atoms with Gasteiger partial charge in [-0.2, -0.15) is 0 Å². The standard InChI is InChI=1S/C22H29N3O2/c1-15(2)18-5-7-19(8-6-18)22(27)25-11-9-24(10-12-25)21(26)14-20-13-16(3)23-17(20)4/h5-8,13,15,23H,9-12,14H2,1-4H3. The fourth-order valence-corrected chi connectivity index (χ4v) is 3.59. The third kappa shape index (κ3) is 4.41. The maximum Gasteiger partial charge on any atom is 0.253 e. The maximum absolute atomic E-state index is 12.7. The molecule has 0 saturated carbocycles. The lowest BCUT2D eigenvalue weighted by molar-refractivity contribution is -0.131. The summed E-state index contributed by atoms with van der Waals surface area (Å²) in [5, 5.41) is 0. The number of aryl methyl sites for hydroxylation is 2. The van der Waals surface area contributed by atoms with Gasteiger partial charge in [0.05, 0.1) is 6.42 Å². The molecule has 0 bridgehead atoms. The van der Waals surface area contributed by atoms with E-state index < -0.39 is 0 Å². The van der Waals surface area contributed by atoms with Gasteiger partial charge in [-0.05, 0) is 49.1 Å². The first-order valence-corrected chi connectivity index (χ1v) is 9.67. The van der Waals surface area contributed by atoms with E-state index in [1.807, 2.05) is 54.0 Å². The molecule has 3 rings (SSSR count). The van der Waals surface area contributed by atoms with Gasteiger partial charge in [-0.25, -0.2) is 0 Å². The van der Waals surface area contributed by atoms with E-state index in [0.29, 0.717) is 38.5 Å². The number of aromatic amines is 1. The minimum absolute atomic E-state index is 0.0505. The number of piperazine rings is 1. The smallest absolute Gasteiger partial charge is 0.253 e. The zero-order valence-electron chi connectivity index (χ0n) is 16.7. The summed E-state index contributed by atoms with van der Waals surface area (Å²) in [6.07, 6.45) is 0.417. The SMILES string of the molecule is Cc1cc(CC(=O)N2CCN(C(=O)c3ccc(C(C)C)cc3)CC2)c(C)[nH]1. The molecule has 0 unspecified atom stereocenters. The molecule has 0 atom stereocenters. The molecule has 1 N–H and O–H groups in total. The van der Waals surface area contributed by atoms with E-state index in [2.05, 4.69) is 18.8 Å². The number of aromatic nitrogens is 1. The van der Waals surface area contributed by atoms with Crippen LogP contribution in [0.5, 0.6) is 0 Å². The minimum atomic E-state index is 0.0505. The summed E-state index contributed by atoms with van der Waals surface area (Å²) in [6, 6.07) is 9.91. The highest BCUT2D eigenvalue weighted by molar-refractivity contribution is 5.94. The van der Waals surface area contributed by atoms with Crippen molar-refractivity contribution in [3.05, 3.63) is 58.4 Å². The Balaban J connectivity index is 1.55. The lowest BCUT2D eigenvalue weighted by atomic mass is 10.0. The number of carbonyl (C=O) groups is 2. The Morgan fingerprint density at radius 3 is 2.11 bits per heavy atom. The minimum Gasteiger partial charge on any atom is -0.362 e. The largest absolute Gasteiger partial charge is 0.362 e. The number of benzene rings is 1. The van der Waals surface area contributed by atoms with Crippen molar-refractivity contribution in [1.29, 1.82) is 0 Å². The Morgan fingerprint density at radius 1 is 1.00 bits per heavy atom. The molecule has 0 spiro atoms. The van der Waals surface area contributed by atoms with Crippen LogP contribution in [-0.2, 0) is 11.2 Å². The molecule has 2 heterocycles. The Bertz CT molecular complexity index is 813. The fourth-order valence-electron chi connectivity index (χ4n) is 3.59. The average molecular weight is 367 g/mol. The number of nitrogens with one attached hydrogen (secondary N) is 1. The summed E-state index contributed by atoms with van der Waals surface area (Å²) in [5.74, 6) is 0.635. The predicted octanol–water partition coefficient (Wildman–Crippen LogP) is 3.28. The molecule has 1 aromatic heterocycles. The molecular formula is C22H29N3O2. The molecule has 0 radical (unpaired) electrons. The second kappa shape index (κ2) is 7.99. The van der Waals surface area contributed by atoms with Crippen LogP contribution in [0.3, 0.4) is 0 Å². The van der Waals surface area contributed by atoms with Crippen LogP contribution in [-0.4, -0.2) is 52.8 Å². The van der Waals surface area contributed by atoms with E-state index in [0.717, 1.165) is 22.5 Å². The van der Waals surface area contributed by atoms with Crippen molar-refractivity contribution < 1.29 is 9.59 Å². The van der Waals surface area contributed by atoms with Crippen LogP contribution in [0.25, 0.3) is 0 Å². The summed E-state index contributed by atoms with van der Waals surface area (Å²) in [6.45, 7) is 10.6. The van der Waals surface area contributed by atoms with Gasteiger partial charge in [0.15, 0.2) is 0 Å². The van der Waals surface area contributed by atoms with Crippen LogP contribution in [0.2, 0.25) is 0 Å². The van der Waals surface area contributed by atoms with Crippen molar-refractivity contribution in [2.45, 2.75) is 40.0 Å². The van der Waals surface area contributed by atoms with E-state index in [4.69, 9.17) is 0 Å². The van der Waals surface area contributed by atoms with E-state index in [-0.39, 0.29) is 11.8 Å². The zero-order valence-corrected chi connectivity index (χ0v) is 16.7. The van der Waals surface area contributed by atoms with Crippen LogP contribution in [0.4, 0.5) is 0 Å². The lowest BCUT2D eigenvalue weighted by Gasteiger charge is -2.35. The van der Waals surface area contributed by atoms with E-state index >= 15 is 0 Å². The summed E-state index contributed by atoms with van der Waals surface area (Å²) in [5.41, 5.74) is 5.14. The number of rotatable bonds is 4. The Kier molecular flexibility index (Phi) is 5.68. The molecule has 1 aliphatic heterocycles. The molecule has 1 fully saturated rings. The van der Waals surface area contributed by atoms with Crippen LogP contribution in [0, 0.1) is 13.8 Å². The molecule has 5 nitrogen and oxygen atoms in total. The van der Waals surface area contributed by atoms with Gasteiger partial charge in [-0.15, -0.1) is 0 Å². The zero-order chi connectivity index (χ0) is 19.6. The number of nitrogens with zero attached hydrogens (tertiary/aromatic N) is 2. The molecule has 144 valence electrons. The highest BCUT2D eigenvalue weighted by Gasteiger charge is 2.25. The van der Waals surface area contributed by atoms with Gasteiger partial charge < -0.3 is 14.8 Å².